The summed E-state index contributed by atoms with van der Waals surface area (Å²) in [5.41, 5.74) is 2.76. The van der Waals surface area contributed by atoms with E-state index >= 15 is 0 Å². The van der Waals surface area contributed by atoms with Crippen LogP contribution in [0.25, 0.3) is 11.3 Å². The summed E-state index contributed by atoms with van der Waals surface area (Å²) in [6.45, 7) is 0.497. The fraction of sp³-hybridized carbons (Fsp3) is 0.0952. The van der Waals surface area contributed by atoms with Crippen LogP contribution in [0.2, 0.25) is 10.0 Å². The highest BCUT2D eigenvalue weighted by molar-refractivity contribution is 6.42. The third-order valence-corrected chi connectivity index (χ3v) is 5.14. The van der Waals surface area contributed by atoms with E-state index in [1.54, 1.807) is 42.3 Å². The number of ether oxygens (including phenoxy) is 1. The maximum Gasteiger partial charge on any atom is 0.274 e. The summed E-state index contributed by atoms with van der Waals surface area (Å²) in [6.07, 6.45) is 1.77. The molecule has 9 heteroatoms. The largest absolute Gasteiger partial charge is 0.497 e. The first-order chi connectivity index (χ1) is 14.5. The summed E-state index contributed by atoms with van der Waals surface area (Å²) in [5.74, 6) is 0.808. The summed E-state index contributed by atoms with van der Waals surface area (Å²) in [7, 11) is 1.60. The van der Waals surface area contributed by atoms with Crippen molar-refractivity contribution >= 4 is 34.9 Å². The SMILES string of the molecule is COc1cccc(-c2cc(C(=O)Nc3ccn(Cc4ccc(Cl)c(Cl)c4)n3)[nH]n2)c1. The molecule has 2 heterocycles. The molecule has 2 N–H and O–H groups in total. The van der Waals surface area contributed by atoms with Gasteiger partial charge in [0.15, 0.2) is 5.82 Å². The molecule has 0 bridgehead atoms. The maximum atomic E-state index is 12.5. The minimum Gasteiger partial charge on any atom is -0.497 e. The Morgan fingerprint density at radius 3 is 2.80 bits per heavy atom. The van der Waals surface area contributed by atoms with Gasteiger partial charge in [-0.1, -0.05) is 41.4 Å². The zero-order valence-electron chi connectivity index (χ0n) is 15.9. The third-order valence-electron chi connectivity index (χ3n) is 4.40. The van der Waals surface area contributed by atoms with E-state index in [1.165, 1.54) is 0 Å². The molecule has 4 aromatic rings. The highest BCUT2D eigenvalue weighted by Gasteiger charge is 2.13. The van der Waals surface area contributed by atoms with Crippen molar-refractivity contribution in [2.24, 2.45) is 0 Å². The molecule has 0 saturated heterocycles. The molecule has 0 aliphatic heterocycles. The Morgan fingerprint density at radius 2 is 2.00 bits per heavy atom. The molecular weight excluding hydrogens is 425 g/mol. The van der Waals surface area contributed by atoms with Gasteiger partial charge in [0, 0.05) is 17.8 Å². The molecule has 30 heavy (non-hydrogen) atoms. The zero-order chi connectivity index (χ0) is 21.1. The van der Waals surface area contributed by atoms with Gasteiger partial charge in [0.05, 0.1) is 29.4 Å². The molecule has 7 nitrogen and oxygen atoms in total. The van der Waals surface area contributed by atoms with Crippen LogP contribution in [0.15, 0.2) is 60.8 Å². The Labute approximate surface area is 182 Å². The summed E-state index contributed by atoms with van der Waals surface area (Å²) < 4.78 is 6.92. The number of aromatic nitrogens is 4. The van der Waals surface area contributed by atoms with Gasteiger partial charge in [-0.25, -0.2) is 0 Å². The lowest BCUT2D eigenvalue weighted by molar-refractivity contribution is 0.102. The number of benzene rings is 2. The lowest BCUT2D eigenvalue weighted by Crippen LogP contribution is -2.13. The summed E-state index contributed by atoms with van der Waals surface area (Å²) in [6, 6.07) is 16.2. The van der Waals surface area contributed by atoms with Crippen molar-refractivity contribution in [1.29, 1.82) is 0 Å². The Morgan fingerprint density at radius 1 is 1.13 bits per heavy atom. The minimum absolute atomic E-state index is 0.326. The Bertz CT molecular complexity index is 1200. The second-order valence-corrected chi connectivity index (χ2v) is 7.31. The van der Waals surface area contributed by atoms with Crippen LogP contribution in [0, 0.1) is 0 Å². The highest BCUT2D eigenvalue weighted by atomic mass is 35.5. The molecule has 0 saturated carbocycles. The fourth-order valence-electron chi connectivity index (χ4n) is 2.89. The average molecular weight is 442 g/mol. The van der Waals surface area contributed by atoms with Crippen LogP contribution in [0.4, 0.5) is 5.82 Å². The van der Waals surface area contributed by atoms with Crippen LogP contribution in [0.3, 0.4) is 0 Å². The van der Waals surface area contributed by atoms with Gasteiger partial charge >= 0.3 is 0 Å². The van der Waals surface area contributed by atoms with E-state index in [0.29, 0.717) is 39.5 Å². The van der Waals surface area contributed by atoms with E-state index in [9.17, 15) is 4.79 Å². The van der Waals surface area contributed by atoms with E-state index in [0.717, 1.165) is 11.1 Å². The van der Waals surface area contributed by atoms with Gasteiger partial charge in [-0.05, 0) is 35.9 Å². The lowest BCUT2D eigenvalue weighted by atomic mass is 10.1. The van der Waals surface area contributed by atoms with Crippen molar-refractivity contribution in [1.82, 2.24) is 20.0 Å². The second kappa shape index (κ2) is 8.61. The van der Waals surface area contributed by atoms with E-state index in [-0.39, 0.29) is 5.91 Å². The lowest BCUT2D eigenvalue weighted by Gasteiger charge is -2.04. The standard InChI is InChI=1S/C21H17Cl2N5O2/c1-30-15-4-2-3-14(10-15)18-11-19(26-25-18)21(29)24-20-7-8-28(27-20)12-13-5-6-16(22)17(23)9-13/h2-11H,12H2,1H3,(H,25,26)(H,24,27,29). The van der Waals surface area contributed by atoms with E-state index < -0.39 is 0 Å². The molecule has 0 fully saturated rings. The number of amides is 1. The van der Waals surface area contributed by atoms with E-state index in [1.807, 2.05) is 30.3 Å². The monoisotopic (exact) mass is 441 g/mol. The van der Waals surface area contributed by atoms with Gasteiger partial charge in [0.2, 0.25) is 0 Å². The van der Waals surface area contributed by atoms with Gasteiger partial charge in [-0.15, -0.1) is 0 Å². The summed E-state index contributed by atoms with van der Waals surface area (Å²) in [4.78, 5) is 12.5. The van der Waals surface area contributed by atoms with Crippen LogP contribution in [-0.2, 0) is 6.54 Å². The molecule has 4 rings (SSSR count). The van der Waals surface area contributed by atoms with Gasteiger partial charge in [0.25, 0.3) is 5.91 Å². The predicted molar refractivity (Wildman–Crippen MR) is 116 cm³/mol. The number of halogens is 2. The van der Waals surface area contributed by atoms with Crippen molar-refractivity contribution in [3.05, 3.63) is 82.1 Å². The van der Waals surface area contributed by atoms with E-state index in [2.05, 4.69) is 20.6 Å². The molecule has 0 atom stereocenters. The smallest absolute Gasteiger partial charge is 0.274 e. The number of nitrogens with one attached hydrogen (secondary N) is 2. The first-order valence-corrected chi connectivity index (χ1v) is 9.76. The molecule has 1 amide bonds. The van der Waals surface area contributed by atoms with Gasteiger partial charge in [0.1, 0.15) is 11.4 Å². The number of H-pyrrole nitrogens is 1. The van der Waals surface area contributed by atoms with Crippen molar-refractivity contribution in [2.75, 3.05) is 12.4 Å². The molecule has 0 radical (unpaired) electrons. The van der Waals surface area contributed by atoms with Crippen LogP contribution < -0.4 is 10.1 Å². The first kappa shape index (κ1) is 20.0. The number of carbonyl (C=O) groups is 1. The van der Waals surface area contributed by atoms with Crippen molar-refractivity contribution in [3.8, 4) is 17.0 Å². The van der Waals surface area contributed by atoms with Crippen LogP contribution >= 0.6 is 23.2 Å². The minimum atomic E-state index is -0.337. The topological polar surface area (TPSA) is 84.8 Å². The predicted octanol–water partition coefficient (Wildman–Crippen LogP) is 4.89. The number of rotatable bonds is 6. The summed E-state index contributed by atoms with van der Waals surface area (Å²) >= 11 is 12.0. The van der Waals surface area contributed by atoms with Crippen molar-refractivity contribution in [2.45, 2.75) is 6.54 Å². The molecule has 0 spiro atoms. The van der Waals surface area contributed by atoms with Gasteiger partial charge < -0.3 is 10.1 Å². The Balaban J connectivity index is 1.43. The Hall–Kier alpha value is -3.29. The average Bonchev–Trinajstić information content (AvgIpc) is 3.41. The molecule has 152 valence electrons. The van der Waals surface area contributed by atoms with Gasteiger partial charge in [-0.2, -0.15) is 10.2 Å². The number of nitrogens with zero attached hydrogens (tertiary/aromatic N) is 3. The molecule has 0 aliphatic rings. The van der Waals surface area contributed by atoms with Gasteiger partial charge in [-0.3, -0.25) is 14.6 Å². The third kappa shape index (κ3) is 4.48. The number of aromatic amines is 1. The van der Waals surface area contributed by atoms with Crippen LogP contribution in [0.5, 0.6) is 5.75 Å². The van der Waals surface area contributed by atoms with Crippen molar-refractivity contribution in [3.63, 3.8) is 0 Å². The highest BCUT2D eigenvalue weighted by Crippen LogP contribution is 2.24. The number of carbonyl (C=O) groups excluding carboxylic acids is 1. The van der Waals surface area contributed by atoms with Crippen LogP contribution in [-0.4, -0.2) is 33.0 Å². The molecule has 0 aliphatic carbocycles. The normalized spacial score (nSPS) is 10.8. The molecule has 2 aromatic carbocycles. The fourth-order valence-corrected chi connectivity index (χ4v) is 3.21. The number of anilines is 1. The summed E-state index contributed by atoms with van der Waals surface area (Å²) in [5, 5.41) is 15.1. The van der Waals surface area contributed by atoms with E-state index in [4.69, 9.17) is 27.9 Å². The number of hydrogen-bond acceptors (Lipinski definition) is 4. The molecular formula is C21H17Cl2N5O2. The molecule has 2 aromatic heterocycles. The van der Waals surface area contributed by atoms with Crippen LogP contribution in [0.1, 0.15) is 16.1 Å². The maximum absolute atomic E-state index is 12.5. The van der Waals surface area contributed by atoms with Crippen molar-refractivity contribution < 1.29 is 9.53 Å². The number of methoxy groups -OCH3 is 1. The Kier molecular flexibility index (Phi) is 5.74. The first-order valence-electron chi connectivity index (χ1n) is 9.00. The zero-order valence-corrected chi connectivity index (χ0v) is 17.4. The quantitative estimate of drug-likeness (QED) is 0.445. The second-order valence-electron chi connectivity index (χ2n) is 6.50. The number of hydrogen-bond donors (Lipinski definition) is 2. The molecule has 0 unspecified atom stereocenters.